The quantitative estimate of drug-likeness (QED) is 0.170. The summed E-state index contributed by atoms with van der Waals surface area (Å²) in [6.45, 7) is 3.70. The van der Waals surface area contributed by atoms with Gasteiger partial charge in [0.05, 0.1) is 18.7 Å². The van der Waals surface area contributed by atoms with Gasteiger partial charge in [0.25, 0.3) is 5.91 Å². The van der Waals surface area contributed by atoms with Gasteiger partial charge in [-0.05, 0) is 23.6 Å². The summed E-state index contributed by atoms with van der Waals surface area (Å²) in [5.41, 5.74) is 6.44. The van der Waals surface area contributed by atoms with E-state index in [1.165, 1.54) is 34.5 Å². The second-order valence-electron chi connectivity index (χ2n) is 7.26. The number of nitrogens with one attached hydrogen (secondary N) is 1. The molecule has 1 saturated heterocycles. The summed E-state index contributed by atoms with van der Waals surface area (Å²) in [7, 11) is -1.14. The van der Waals surface area contributed by atoms with Crippen molar-refractivity contribution >= 4 is 69.3 Å². The van der Waals surface area contributed by atoms with Gasteiger partial charge in [-0.2, -0.15) is 4.40 Å². The van der Waals surface area contributed by atoms with Crippen molar-refractivity contribution in [3.05, 3.63) is 58.8 Å². The molecule has 1 aromatic rings. The van der Waals surface area contributed by atoms with Crippen LogP contribution in [0.2, 0.25) is 0 Å². The van der Waals surface area contributed by atoms with Gasteiger partial charge in [-0.15, -0.1) is 18.3 Å². The molecule has 0 saturated carbocycles. The molecule has 36 heavy (non-hydrogen) atoms. The number of thioether (sulfide) groups is 2. The van der Waals surface area contributed by atoms with E-state index < -0.39 is 40.1 Å². The molecule has 2 amide bonds. The molecule has 0 aromatic carbocycles. The first-order chi connectivity index (χ1) is 17.4. The van der Waals surface area contributed by atoms with Gasteiger partial charge in [0.15, 0.2) is 11.0 Å². The van der Waals surface area contributed by atoms with E-state index in [2.05, 4.69) is 30.8 Å². The van der Waals surface area contributed by atoms with E-state index in [4.69, 9.17) is 10.6 Å². The minimum absolute atomic E-state index is 0.0763. The second-order valence-corrected chi connectivity index (χ2v) is 10.6. The smallest absolute Gasteiger partial charge is 0.353 e. The third kappa shape index (κ3) is 5.75. The number of carboxylic acid groups (broad SMARTS) is 1. The fourth-order valence-corrected chi connectivity index (χ4v) is 6.50. The summed E-state index contributed by atoms with van der Waals surface area (Å²) < 4.78 is 7.98. The number of carbonyl (C=O) groups is 3. The van der Waals surface area contributed by atoms with Crippen molar-refractivity contribution in [1.29, 1.82) is 0 Å². The second kappa shape index (κ2) is 11.6. The van der Waals surface area contributed by atoms with E-state index in [-0.39, 0.29) is 29.7 Å². The predicted molar refractivity (Wildman–Crippen MR) is 140 cm³/mol. The molecular weight excluding hydrogens is 526 g/mol. The molecule has 1 aromatic heterocycles. The lowest BCUT2D eigenvalue weighted by atomic mass is 10.0. The van der Waals surface area contributed by atoms with Gasteiger partial charge in [0, 0.05) is 16.9 Å². The number of fused-ring (bicyclic) bond motifs is 1. The minimum atomic E-state index is -1.20. The van der Waals surface area contributed by atoms with Gasteiger partial charge in [-0.1, -0.05) is 28.4 Å². The highest BCUT2D eigenvalue weighted by Gasteiger charge is 2.54. The highest BCUT2D eigenvalue weighted by Crippen LogP contribution is 2.43. The van der Waals surface area contributed by atoms with Crippen LogP contribution >= 0.6 is 23.5 Å². The number of rotatable bonds is 10. The molecule has 3 aliphatic heterocycles. The van der Waals surface area contributed by atoms with Crippen molar-refractivity contribution in [3.63, 3.8) is 0 Å². The van der Waals surface area contributed by atoms with Crippen LogP contribution in [0.15, 0.2) is 67.0 Å². The van der Waals surface area contributed by atoms with Crippen molar-refractivity contribution in [2.45, 2.75) is 17.8 Å². The normalized spacial score (nSPS) is 23.3. The summed E-state index contributed by atoms with van der Waals surface area (Å²) >= 11 is 2.60. The summed E-state index contributed by atoms with van der Waals surface area (Å²) in [4.78, 5) is 52.3. The van der Waals surface area contributed by atoms with Crippen LogP contribution in [0.4, 0.5) is 0 Å². The number of hydrogen-bond acceptors (Lipinski definition) is 10. The van der Waals surface area contributed by atoms with Crippen LogP contribution in [0, 0.1) is 0 Å². The van der Waals surface area contributed by atoms with E-state index in [1.54, 1.807) is 23.7 Å². The SMILES string of the molecule is C=CCO/N=S1\N=C(CC(=O)NC2C(=O)N3C(C(=O)O)=C(S/C=C/c4ccccn4)CSC23)N=C1N. The van der Waals surface area contributed by atoms with Crippen molar-refractivity contribution in [2.75, 3.05) is 12.4 Å². The molecule has 0 bridgehead atoms. The van der Waals surface area contributed by atoms with Gasteiger partial charge in [0.2, 0.25) is 5.91 Å². The molecule has 3 aliphatic rings. The number of hydrogen-bond donors (Lipinski definition) is 3. The number of pyridine rings is 1. The molecular formula is C21H21N7O5S3. The van der Waals surface area contributed by atoms with Gasteiger partial charge in [-0.25, -0.2) is 14.6 Å². The Bertz CT molecular complexity index is 1250. The molecule has 1 fully saturated rings. The lowest BCUT2D eigenvalue weighted by molar-refractivity contribution is -0.150. The number of amidine groups is 2. The van der Waals surface area contributed by atoms with Crippen molar-refractivity contribution in [1.82, 2.24) is 15.2 Å². The maximum absolute atomic E-state index is 12.8. The molecule has 3 unspecified atom stereocenters. The number of nitrogens with two attached hydrogens (primary N) is 1. The topological polar surface area (TPSA) is 172 Å². The van der Waals surface area contributed by atoms with E-state index >= 15 is 0 Å². The highest BCUT2D eigenvalue weighted by molar-refractivity contribution is 8.08. The van der Waals surface area contributed by atoms with E-state index in [0.717, 1.165) is 5.69 Å². The fourth-order valence-electron chi connectivity index (χ4n) is 3.30. The number of aliphatic imine (C=N–C) groups is 1. The average Bonchev–Trinajstić information content (AvgIpc) is 3.21. The molecule has 0 aliphatic carbocycles. The monoisotopic (exact) mass is 547 g/mol. The van der Waals surface area contributed by atoms with Crippen LogP contribution in [-0.4, -0.2) is 67.6 Å². The standard InChI is InChI=1S/C21H21N7O5S3/c1-2-8-33-27-36-21(22)24-14(26-36)10-15(29)25-16-18(30)28-17(20(31)32)13(11-35-19(16)28)34-9-6-12-5-3-4-7-23-12/h2-7,9,16,19H,1,8,10-11H2,(H,25,29)(H,31,32)(H2,22,24,26)/b9-6+. The number of aromatic nitrogens is 1. The summed E-state index contributed by atoms with van der Waals surface area (Å²) in [6.07, 6.45) is 4.74. The van der Waals surface area contributed by atoms with Crippen LogP contribution in [0.3, 0.4) is 0 Å². The molecule has 0 spiro atoms. The molecule has 12 nitrogen and oxygen atoms in total. The van der Waals surface area contributed by atoms with Crippen molar-refractivity contribution < 1.29 is 24.3 Å². The van der Waals surface area contributed by atoms with Gasteiger partial charge >= 0.3 is 5.97 Å². The van der Waals surface area contributed by atoms with Gasteiger partial charge < -0.3 is 16.2 Å². The summed E-state index contributed by atoms with van der Waals surface area (Å²) in [5.74, 6) is -1.63. The van der Waals surface area contributed by atoms with Crippen LogP contribution in [0.25, 0.3) is 6.08 Å². The Kier molecular flexibility index (Phi) is 8.35. The predicted octanol–water partition coefficient (Wildman–Crippen LogP) is 1.43. The van der Waals surface area contributed by atoms with E-state index in [0.29, 0.717) is 10.7 Å². The van der Waals surface area contributed by atoms with Crippen LogP contribution in [0.5, 0.6) is 0 Å². The first-order valence-corrected chi connectivity index (χ1v) is 13.5. The number of carboxylic acids is 1. The lowest BCUT2D eigenvalue weighted by Crippen LogP contribution is -2.70. The Hall–Kier alpha value is -3.27. The first kappa shape index (κ1) is 25.8. The average molecular weight is 548 g/mol. The van der Waals surface area contributed by atoms with Crippen LogP contribution in [-0.2, 0) is 30.1 Å². The lowest BCUT2D eigenvalue weighted by Gasteiger charge is -2.49. The van der Waals surface area contributed by atoms with Crippen molar-refractivity contribution in [2.24, 2.45) is 19.6 Å². The molecule has 3 atom stereocenters. The molecule has 4 N–H and O–H groups in total. The molecule has 4 rings (SSSR count). The summed E-state index contributed by atoms with van der Waals surface area (Å²) in [5, 5.41) is 13.8. The molecule has 15 heteroatoms. The highest BCUT2D eigenvalue weighted by atomic mass is 32.2. The first-order valence-electron chi connectivity index (χ1n) is 10.4. The number of aliphatic carboxylic acids is 1. The number of carbonyl (C=O) groups excluding carboxylic acids is 2. The van der Waals surface area contributed by atoms with E-state index in [9.17, 15) is 19.5 Å². The Labute approximate surface area is 217 Å². The molecule has 4 heterocycles. The zero-order valence-corrected chi connectivity index (χ0v) is 21.1. The maximum Gasteiger partial charge on any atom is 0.353 e. The largest absolute Gasteiger partial charge is 0.477 e. The fraction of sp³-hybridized carbons (Fsp3) is 0.238. The third-order valence-corrected chi connectivity index (χ3v) is 8.29. The Balaban J connectivity index is 1.38. The zero-order chi connectivity index (χ0) is 25.7. The van der Waals surface area contributed by atoms with E-state index in [1.807, 2.05) is 12.1 Å². The summed E-state index contributed by atoms with van der Waals surface area (Å²) in [6, 6.07) is 4.62. The zero-order valence-electron chi connectivity index (χ0n) is 18.6. The van der Waals surface area contributed by atoms with Crippen LogP contribution in [0.1, 0.15) is 12.1 Å². The number of β-lactam (4-membered cyclic amide) rings is 1. The molecule has 188 valence electrons. The minimum Gasteiger partial charge on any atom is -0.477 e. The Morgan fingerprint density at radius 2 is 2.31 bits per heavy atom. The third-order valence-electron chi connectivity index (χ3n) is 4.84. The van der Waals surface area contributed by atoms with Gasteiger partial charge in [0.1, 0.15) is 28.0 Å². The molecule has 0 radical (unpaired) electrons. The Morgan fingerprint density at radius 3 is 3.03 bits per heavy atom. The maximum atomic E-state index is 12.8. The number of amides is 2. The number of nitrogens with zero attached hydrogens (tertiary/aromatic N) is 5. The van der Waals surface area contributed by atoms with Gasteiger partial charge in [-0.3, -0.25) is 19.5 Å². The Morgan fingerprint density at radius 1 is 1.47 bits per heavy atom. The van der Waals surface area contributed by atoms with Crippen molar-refractivity contribution in [3.8, 4) is 0 Å². The van der Waals surface area contributed by atoms with Crippen LogP contribution < -0.4 is 11.1 Å².